The van der Waals surface area contributed by atoms with Crippen LogP contribution in [0.5, 0.6) is 0 Å². The Morgan fingerprint density at radius 2 is 2.00 bits per heavy atom. The molecule has 1 heterocycles. The zero-order valence-electron chi connectivity index (χ0n) is 10.4. The predicted molar refractivity (Wildman–Crippen MR) is 68.8 cm³/mol. The van der Waals surface area contributed by atoms with Crippen LogP contribution >= 0.6 is 0 Å². The molecule has 1 fully saturated rings. The largest absolute Gasteiger partial charge is 0.383 e. The van der Waals surface area contributed by atoms with E-state index in [1.54, 1.807) is 0 Å². The molecule has 0 aromatic heterocycles. The topological polar surface area (TPSA) is 27.3 Å². The van der Waals surface area contributed by atoms with E-state index in [1.807, 2.05) is 0 Å². The molecule has 1 aliphatic heterocycles. The Bertz CT molecular complexity index is 378. The zero-order valence-corrected chi connectivity index (χ0v) is 10.4. The Morgan fingerprint density at radius 3 is 2.72 bits per heavy atom. The van der Waals surface area contributed by atoms with Gasteiger partial charge in [0.2, 0.25) is 0 Å². The molecular weight excluding hydrogens is 236 g/mol. The van der Waals surface area contributed by atoms with Gasteiger partial charge in [-0.25, -0.2) is 8.78 Å². The van der Waals surface area contributed by atoms with Crippen LogP contribution in [0.3, 0.4) is 0 Å². The van der Waals surface area contributed by atoms with Gasteiger partial charge in [0, 0.05) is 38.8 Å². The second kappa shape index (κ2) is 6.66. The Hall–Kier alpha value is -1.20. The van der Waals surface area contributed by atoms with E-state index in [9.17, 15) is 8.78 Å². The van der Waals surface area contributed by atoms with E-state index in [1.165, 1.54) is 12.1 Å². The smallest absolute Gasteiger partial charge is 0.149 e. The number of rotatable bonds is 5. The van der Waals surface area contributed by atoms with Crippen molar-refractivity contribution in [2.45, 2.75) is 6.42 Å². The second-order valence-electron chi connectivity index (χ2n) is 4.50. The Labute approximate surface area is 106 Å². The van der Waals surface area contributed by atoms with E-state index in [-0.39, 0.29) is 0 Å². The molecule has 0 spiro atoms. The second-order valence-corrected chi connectivity index (χ2v) is 4.50. The first-order valence-corrected chi connectivity index (χ1v) is 6.38. The summed E-state index contributed by atoms with van der Waals surface area (Å²) in [7, 11) is 0. The van der Waals surface area contributed by atoms with Gasteiger partial charge in [-0.05, 0) is 25.1 Å². The lowest BCUT2D eigenvalue weighted by atomic mass is 10.2. The van der Waals surface area contributed by atoms with Crippen LogP contribution in [-0.4, -0.2) is 44.2 Å². The molecule has 0 unspecified atom stereocenters. The number of nitrogens with one attached hydrogen (secondary N) is 2. The van der Waals surface area contributed by atoms with Crippen LogP contribution in [0.2, 0.25) is 0 Å². The summed E-state index contributed by atoms with van der Waals surface area (Å²) in [6, 6.07) is 3.61. The molecule has 0 radical (unpaired) electrons. The molecule has 100 valence electrons. The maximum atomic E-state index is 13.3. The van der Waals surface area contributed by atoms with Crippen LogP contribution < -0.4 is 10.6 Å². The van der Waals surface area contributed by atoms with Crippen molar-refractivity contribution in [2.75, 3.05) is 44.6 Å². The molecule has 2 N–H and O–H groups in total. The number of anilines is 1. The predicted octanol–water partition coefficient (Wildman–Crippen LogP) is 1.67. The average molecular weight is 255 g/mol. The monoisotopic (exact) mass is 255 g/mol. The number of piperazine rings is 1. The standard InChI is InChI=1S/C13H19F2N3/c14-11-2-3-13(12(15)10-11)17-4-1-7-18-8-5-16-6-9-18/h2-3,10,16-17H,1,4-9H2. The van der Waals surface area contributed by atoms with Gasteiger partial charge in [-0.2, -0.15) is 0 Å². The van der Waals surface area contributed by atoms with Crippen LogP contribution in [0.25, 0.3) is 0 Å². The minimum absolute atomic E-state index is 0.372. The maximum Gasteiger partial charge on any atom is 0.149 e. The van der Waals surface area contributed by atoms with E-state index >= 15 is 0 Å². The number of hydrogen-bond donors (Lipinski definition) is 2. The lowest BCUT2D eigenvalue weighted by Gasteiger charge is -2.27. The minimum Gasteiger partial charge on any atom is -0.383 e. The molecule has 2 rings (SSSR count). The van der Waals surface area contributed by atoms with Gasteiger partial charge < -0.3 is 15.5 Å². The highest BCUT2D eigenvalue weighted by Crippen LogP contribution is 2.14. The van der Waals surface area contributed by atoms with Crippen molar-refractivity contribution in [1.82, 2.24) is 10.2 Å². The molecular formula is C13H19F2N3. The highest BCUT2D eigenvalue weighted by molar-refractivity contribution is 5.44. The summed E-state index contributed by atoms with van der Waals surface area (Å²) in [5.74, 6) is -1.07. The molecule has 18 heavy (non-hydrogen) atoms. The van der Waals surface area contributed by atoms with Crippen molar-refractivity contribution in [2.24, 2.45) is 0 Å². The van der Waals surface area contributed by atoms with Gasteiger partial charge in [-0.3, -0.25) is 0 Å². The van der Waals surface area contributed by atoms with Gasteiger partial charge in [0.25, 0.3) is 0 Å². The fraction of sp³-hybridized carbons (Fsp3) is 0.538. The SMILES string of the molecule is Fc1ccc(NCCCN2CCNCC2)c(F)c1. The number of nitrogens with zero attached hydrogens (tertiary/aromatic N) is 1. The van der Waals surface area contributed by atoms with E-state index in [0.717, 1.165) is 45.2 Å². The zero-order chi connectivity index (χ0) is 12.8. The molecule has 0 saturated carbocycles. The third-order valence-electron chi connectivity index (χ3n) is 3.11. The van der Waals surface area contributed by atoms with E-state index in [4.69, 9.17) is 0 Å². The first-order chi connectivity index (χ1) is 8.75. The minimum atomic E-state index is -0.543. The Morgan fingerprint density at radius 1 is 1.22 bits per heavy atom. The number of hydrogen-bond acceptors (Lipinski definition) is 3. The van der Waals surface area contributed by atoms with E-state index < -0.39 is 11.6 Å². The number of halogens is 2. The molecule has 0 bridgehead atoms. The van der Waals surface area contributed by atoms with Crippen molar-refractivity contribution < 1.29 is 8.78 Å². The molecule has 1 aromatic carbocycles. The van der Waals surface area contributed by atoms with E-state index in [2.05, 4.69) is 15.5 Å². The third-order valence-corrected chi connectivity index (χ3v) is 3.11. The lowest BCUT2D eigenvalue weighted by molar-refractivity contribution is 0.240. The summed E-state index contributed by atoms with van der Waals surface area (Å²) < 4.78 is 26.0. The molecule has 5 heteroatoms. The maximum absolute atomic E-state index is 13.3. The summed E-state index contributed by atoms with van der Waals surface area (Å²) in [5, 5.41) is 6.30. The normalized spacial score (nSPS) is 16.8. The highest BCUT2D eigenvalue weighted by atomic mass is 19.1. The summed E-state index contributed by atoms with van der Waals surface area (Å²) in [5.41, 5.74) is 0.372. The number of benzene rings is 1. The summed E-state index contributed by atoms with van der Waals surface area (Å²) in [6.45, 7) is 5.94. The first kappa shape index (κ1) is 13.2. The fourth-order valence-electron chi connectivity index (χ4n) is 2.09. The molecule has 0 aliphatic carbocycles. The van der Waals surface area contributed by atoms with Crippen LogP contribution in [0, 0.1) is 11.6 Å². The summed E-state index contributed by atoms with van der Waals surface area (Å²) in [6.07, 6.45) is 0.955. The van der Waals surface area contributed by atoms with Gasteiger partial charge in [0.15, 0.2) is 0 Å². The molecule has 1 aliphatic rings. The Kier molecular flexibility index (Phi) is 4.90. The van der Waals surface area contributed by atoms with Crippen LogP contribution in [0.1, 0.15) is 6.42 Å². The molecule has 1 saturated heterocycles. The van der Waals surface area contributed by atoms with Gasteiger partial charge in [0.05, 0.1) is 5.69 Å². The highest BCUT2D eigenvalue weighted by Gasteiger charge is 2.08. The van der Waals surface area contributed by atoms with Crippen molar-refractivity contribution >= 4 is 5.69 Å². The summed E-state index contributed by atoms with van der Waals surface area (Å²) in [4.78, 5) is 2.39. The average Bonchev–Trinajstić information content (AvgIpc) is 2.38. The quantitative estimate of drug-likeness (QED) is 0.784. The first-order valence-electron chi connectivity index (χ1n) is 6.38. The fourth-order valence-corrected chi connectivity index (χ4v) is 2.09. The van der Waals surface area contributed by atoms with Crippen LogP contribution in [-0.2, 0) is 0 Å². The molecule has 1 aromatic rings. The van der Waals surface area contributed by atoms with Crippen molar-refractivity contribution in [3.05, 3.63) is 29.8 Å². The molecule has 0 atom stereocenters. The van der Waals surface area contributed by atoms with Crippen molar-refractivity contribution in [3.63, 3.8) is 0 Å². The molecule has 3 nitrogen and oxygen atoms in total. The van der Waals surface area contributed by atoms with Gasteiger partial charge in [-0.15, -0.1) is 0 Å². The lowest BCUT2D eigenvalue weighted by Crippen LogP contribution is -2.44. The van der Waals surface area contributed by atoms with Crippen LogP contribution in [0.4, 0.5) is 14.5 Å². The summed E-state index contributed by atoms with van der Waals surface area (Å²) >= 11 is 0. The van der Waals surface area contributed by atoms with Crippen molar-refractivity contribution in [3.8, 4) is 0 Å². The van der Waals surface area contributed by atoms with Gasteiger partial charge >= 0.3 is 0 Å². The van der Waals surface area contributed by atoms with E-state index in [0.29, 0.717) is 12.2 Å². The Balaban J connectivity index is 1.68. The van der Waals surface area contributed by atoms with Gasteiger partial charge in [0.1, 0.15) is 11.6 Å². The third kappa shape index (κ3) is 3.92. The van der Waals surface area contributed by atoms with Crippen molar-refractivity contribution in [1.29, 1.82) is 0 Å². The molecule has 0 amide bonds. The van der Waals surface area contributed by atoms with Gasteiger partial charge in [-0.1, -0.05) is 0 Å². The van der Waals surface area contributed by atoms with Crippen LogP contribution in [0.15, 0.2) is 18.2 Å².